The zero-order chi connectivity index (χ0) is 23.2. The van der Waals surface area contributed by atoms with Crippen LogP contribution in [-0.4, -0.2) is 24.3 Å². The van der Waals surface area contributed by atoms with E-state index >= 15 is 0 Å². The highest BCUT2D eigenvalue weighted by atomic mass is 16.2. The summed E-state index contributed by atoms with van der Waals surface area (Å²) in [5.74, 6) is 0.0765. The highest BCUT2D eigenvalue weighted by Gasteiger charge is 2.19. The fourth-order valence-electron chi connectivity index (χ4n) is 3.73. The summed E-state index contributed by atoms with van der Waals surface area (Å²) in [6, 6.07) is 23.2. The third kappa shape index (κ3) is 5.30. The molecule has 1 aliphatic heterocycles. The van der Waals surface area contributed by atoms with Crippen molar-refractivity contribution in [1.82, 2.24) is 5.43 Å². The number of amidine groups is 1. The minimum absolute atomic E-state index is 0.0541. The molecule has 8 nitrogen and oxygen atoms in total. The molecule has 0 bridgehead atoms. The summed E-state index contributed by atoms with van der Waals surface area (Å²) in [4.78, 5) is 26.7. The first-order chi connectivity index (χ1) is 16.0. The molecule has 0 aromatic heterocycles. The smallest absolute Gasteiger partial charge is 0.338 e. The standard InChI is InChI=1S/C25H26N6O2/c26-24(27)18-7-6-10-22(17-18)31(21-8-2-1-3-9-21)29-25(33)28-19-12-14-20(15-13-19)30-16-5-4-11-23(30)32/h1-3,6-10,12-15,17H,4-5,11,16H2,(H3,26,27)(H2,28,29,33). The molecular formula is C25H26N6O2. The van der Waals surface area contributed by atoms with Crippen molar-refractivity contribution in [2.24, 2.45) is 5.73 Å². The van der Waals surface area contributed by atoms with Gasteiger partial charge in [-0.1, -0.05) is 30.3 Å². The number of benzene rings is 3. The van der Waals surface area contributed by atoms with E-state index in [1.54, 1.807) is 40.2 Å². The average molecular weight is 443 g/mol. The van der Waals surface area contributed by atoms with E-state index in [1.165, 1.54) is 0 Å². The number of hydrogen-bond donors (Lipinski definition) is 4. The van der Waals surface area contributed by atoms with Crippen LogP contribution in [0.5, 0.6) is 0 Å². The number of nitrogens with one attached hydrogen (secondary N) is 3. The van der Waals surface area contributed by atoms with E-state index in [4.69, 9.17) is 11.1 Å². The Morgan fingerprint density at radius 2 is 1.67 bits per heavy atom. The molecule has 3 aromatic carbocycles. The zero-order valence-electron chi connectivity index (χ0n) is 18.1. The Labute approximate surface area is 192 Å². The predicted molar refractivity (Wildman–Crippen MR) is 131 cm³/mol. The Morgan fingerprint density at radius 3 is 2.36 bits per heavy atom. The third-order valence-corrected chi connectivity index (χ3v) is 5.40. The number of amides is 3. The van der Waals surface area contributed by atoms with Gasteiger partial charge in [-0.05, 0) is 61.4 Å². The summed E-state index contributed by atoms with van der Waals surface area (Å²) in [5.41, 5.74) is 11.9. The predicted octanol–water partition coefficient (Wildman–Crippen LogP) is 4.36. The minimum atomic E-state index is -0.436. The van der Waals surface area contributed by atoms with E-state index in [0.717, 1.165) is 30.8 Å². The van der Waals surface area contributed by atoms with Crippen LogP contribution >= 0.6 is 0 Å². The van der Waals surface area contributed by atoms with Gasteiger partial charge in [-0.3, -0.25) is 15.2 Å². The Balaban J connectivity index is 1.50. The molecule has 1 heterocycles. The van der Waals surface area contributed by atoms with Crippen LogP contribution in [0, 0.1) is 5.41 Å². The molecule has 0 aliphatic carbocycles. The van der Waals surface area contributed by atoms with E-state index in [0.29, 0.717) is 23.4 Å². The second kappa shape index (κ2) is 9.86. The molecule has 0 atom stereocenters. The fraction of sp³-hybridized carbons (Fsp3) is 0.160. The summed E-state index contributed by atoms with van der Waals surface area (Å²) in [6.07, 6.45) is 2.50. The van der Waals surface area contributed by atoms with Crippen LogP contribution in [-0.2, 0) is 4.79 Å². The van der Waals surface area contributed by atoms with Crippen molar-refractivity contribution in [3.05, 3.63) is 84.4 Å². The van der Waals surface area contributed by atoms with E-state index in [1.807, 2.05) is 48.5 Å². The van der Waals surface area contributed by atoms with Gasteiger partial charge < -0.3 is 16.0 Å². The second-order valence-electron chi connectivity index (χ2n) is 7.75. The van der Waals surface area contributed by atoms with Crippen molar-refractivity contribution >= 4 is 40.5 Å². The van der Waals surface area contributed by atoms with Crippen molar-refractivity contribution in [3.8, 4) is 0 Å². The van der Waals surface area contributed by atoms with E-state index < -0.39 is 6.03 Å². The number of hydrogen-bond acceptors (Lipinski definition) is 4. The van der Waals surface area contributed by atoms with Gasteiger partial charge >= 0.3 is 6.03 Å². The highest BCUT2D eigenvalue weighted by Crippen LogP contribution is 2.25. The lowest BCUT2D eigenvalue weighted by Gasteiger charge is -2.27. The number of piperidine rings is 1. The molecule has 33 heavy (non-hydrogen) atoms. The van der Waals surface area contributed by atoms with Crippen LogP contribution in [0.15, 0.2) is 78.9 Å². The molecule has 168 valence electrons. The van der Waals surface area contributed by atoms with Gasteiger partial charge in [0.15, 0.2) is 0 Å². The second-order valence-corrected chi connectivity index (χ2v) is 7.75. The van der Waals surface area contributed by atoms with Crippen molar-refractivity contribution < 1.29 is 9.59 Å². The lowest BCUT2D eigenvalue weighted by atomic mass is 10.1. The van der Waals surface area contributed by atoms with Gasteiger partial charge in [0.1, 0.15) is 5.84 Å². The maximum Gasteiger partial charge on any atom is 0.338 e. The van der Waals surface area contributed by atoms with E-state index in [2.05, 4.69) is 10.7 Å². The van der Waals surface area contributed by atoms with Crippen LogP contribution in [0.25, 0.3) is 0 Å². The Bertz CT molecular complexity index is 1150. The highest BCUT2D eigenvalue weighted by molar-refractivity contribution is 5.97. The molecule has 0 saturated carbocycles. The van der Waals surface area contributed by atoms with Gasteiger partial charge in [0, 0.05) is 29.9 Å². The number of nitrogen functional groups attached to an aromatic ring is 1. The monoisotopic (exact) mass is 442 g/mol. The lowest BCUT2D eigenvalue weighted by Crippen LogP contribution is -2.41. The molecule has 1 fully saturated rings. The van der Waals surface area contributed by atoms with Gasteiger partial charge in [0.2, 0.25) is 5.91 Å². The number of nitrogens with zero attached hydrogens (tertiary/aromatic N) is 2. The lowest BCUT2D eigenvalue weighted by molar-refractivity contribution is -0.119. The first-order valence-corrected chi connectivity index (χ1v) is 10.8. The summed E-state index contributed by atoms with van der Waals surface area (Å²) in [6.45, 7) is 0.720. The van der Waals surface area contributed by atoms with Crippen molar-refractivity contribution in [2.45, 2.75) is 19.3 Å². The summed E-state index contributed by atoms with van der Waals surface area (Å²) in [5, 5.41) is 12.2. The number of urea groups is 1. The largest absolute Gasteiger partial charge is 0.384 e. The van der Waals surface area contributed by atoms with Crippen LogP contribution in [0.3, 0.4) is 0 Å². The fourth-order valence-corrected chi connectivity index (χ4v) is 3.73. The molecule has 0 unspecified atom stereocenters. The summed E-state index contributed by atoms with van der Waals surface area (Å²) >= 11 is 0. The number of nitrogens with two attached hydrogens (primary N) is 1. The van der Waals surface area contributed by atoms with Gasteiger partial charge in [-0.15, -0.1) is 0 Å². The molecule has 5 N–H and O–H groups in total. The van der Waals surface area contributed by atoms with Crippen molar-refractivity contribution in [3.63, 3.8) is 0 Å². The van der Waals surface area contributed by atoms with E-state index in [-0.39, 0.29) is 11.7 Å². The number of hydrazine groups is 1. The quantitative estimate of drug-likeness (QED) is 0.258. The Kier molecular flexibility index (Phi) is 6.54. The van der Waals surface area contributed by atoms with Gasteiger partial charge in [-0.25, -0.2) is 10.2 Å². The van der Waals surface area contributed by atoms with Crippen LogP contribution < -0.4 is 26.4 Å². The van der Waals surface area contributed by atoms with E-state index in [9.17, 15) is 9.59 Å². The molecule has 0 radical (unpaired) electrons. The third-order valence-electron chi connectivity index (χ3n) is 5.40. The summed E-state index contributed by atoms with van der Waals surface area (Å²) in [7, 11) is 0. The summed E-state index contributed by atoms with van der Waals surface area (Å²) < 4.78 is 0. The zero-order valence-corrected chi connectivity index (χ0v) is 18.1. The van der Waals surface area contributed by atoms with Crippen molar-refractivity contribution in [2.75, 3.05) is 21.8 Å². The average Bonchev–Trinajstić information content (AvgIpc) is 2.84. The van der Waals surface area contributed by atoms with Gasteiger partial charge in [0.05, 0.1) is 11.4 Å². The van der Waals surface area contributed by atoms with Crippen LogP contribution in [0.4, 0.5) is 27.5 Å². The molecule has 1 saturated heterocycles. The topological polar surface area (TPSA) is 115 Å². The maximum absolute atomic E-state index is 12.8. The van der Waals surface area contributed by atoms with Gasteiger partial charge in [0.25, 0.3) is 0 Å². The molecule has 8 heteroatoms. The van der Waals surface area contributed by atoms with Gasteiger partial charge in [-0.2, -0.15) is 0 Å². The van der Waals surface area contributed by atoms with Crippen molar-refractivity contribution in [1.29, 1.82) is 5.41 Å². The minimum Gasteiger partial charge on any atom is -0.384 e. The SMILES string of the molecule is N=C(N)c1cccc(N(NC(=O)Nc2ccc(N3CCCCC3=O)cc2)c2ccccc2)c1. The number of anilines is 4. The first-order valence-electron chi connectivity index (χ1n) is 10.8. The normalized spacial score (nSPS) is 13.3. The maximum atomic E-state index is 12.8. The Hall–Kier alpha value is -4.33. The molecular weight excluding hydrogens is 416 g/mol. The first kappa shape index (κ1) is 21.9. The number of carbonyl (C=O) groups excluding carboxylic acids is 2. The Morgan fingerprint density at radius 1 is 0.939 bits per heavy atom. The number of para-hydroxylation sites is 1. The molecule has 3 aromatic rings. The van der Waals surface area contributed by atoms with Crippen LogP contribution in [0.1, 0.15) is 24.8 Å². The molecule has 4 rings (SSSR count). The number of carbonyl (C=O) groups is 2. The molecule has 0 spiro atoms. The molecule has 1 aliphatic rings. The molecule has 3 amide bonds. The number of rotatable bonds is 6. The van der Waals surface area contributed by atoms with Crippen LogP contribution in [0.2, 0.25) is 0 Å².